The maximum absolute atomic E-state index is 6.65. The minimum absolute atomic E-state index is 0.877. The molecule has 0 unspecified atom stereocenters. The van der Waals surface area contributed by atoms with E-state index in [2.05, 4.69) is 235 Å². The molecule has 0 atom stereocenters. The van der Waals surface area contributed by atoms with Crippen LogP contribution in [0.2, 0.25) is 0 Å². The summed E-state index contributed by atoms with van der Waals surface area (Å²) >= 11 is 0. The van der Waals surface area contributed by atoms with Crippen molar-refractivity contribution in [2.24, 2.45) is 0 Å². The van der Waals surface area contributed by atoms with Gasteiger partial charge in [-0.1, -0.05) is 176 Å². The molecule has 12 rings (SSSR count). The Morgan fingerprint density at radius 3 is 1.53 bits per heavy atom. The lowest BCUT2D eigenvalue weighted by Crippen LogP contribution is -2.10. The molecule has 0 N–H and O–H groups in total. The normalized spacial score (nSPS) is 11.5. The minimum atomic E-state index is 0.877. The molecule has 1 aromatic heterocycles. The van der Waals surface area contributed by atoms with E-state index in [1.165, 1.54) is 60.3 Å². The third-order valence-electron chi connectivity index (χ3n) is 12.4. The molecule has 0 amide bonds. The topological polar surface area (TPSA) is 16.4 Å². The average Bonchev–Trinajstić information content (AvgIpc) is 3.73. The summed E-state index contributed by atoms with van der Waals surface area (Å²) in [5.74, 6) is 0. The highest BCUT2D eigenvalue weighted by Gasteiger charge is 2.19. The number of benzene rings is 11. The molecule has 1 heterocycles. The van der Waals surface area contributed by atoms with Crippen LogP contribution in [0.1, 0.15) is 0 Å². The van der Waals surface area contributed by atoms with Crippen LogP contribution in [-0.2, 0) is 0 Å². The van der Waals surface area contributed by atoms with Crippen molar-refractivity contribution in [2.75, 3.05) is 4.90 Å². The quantitative estimate of drug-likeness (QED) is 0.150. The lowest BCUT2D eigenvalue weighted by atomic mass is 9.92. The van der Waals surface area contributed by atoms with Gasteiger partial charge in [-0.15, -0.1) is 0 Å². The van der Waals surface area contributed by atoms with E-state index < -0.39 is 0 Å². The third-order valence-corrected chi connectivity index (χ3v) is 12.4. The zero-order valence-electron chi connectivity index (χ0n) is 33.9. The van der Waals surface area contributed by atoms with Crippen LogP contribution in [0, 0.1) is 0 Å². The molecule has 0 saturated carbocycles. The molecule has 0 bridgehead atoms. The Morgan fingerprint density at radius 1 is 0.258 bits per heavy atom. The number of para-hydroxylation sites is 1. The maximum atomic E-state index is 6.65. The lowest BCUT2D eigenvalue weighted by Gasteiger charge is -2.26. The van der Waals surface area contributed by atoms with Gasteiger partial charge in [-0.25, -0.2) is 0 Å². The summed E-state index contributed by atoms with van der Waals surface area (Å²) in [5.41, 5.74) is 14.4. The molecule has 0 aliphatic heterocycles. The first-order chi connectivity index (χ1) is 30.7. The molecule has 0 fully saturated rings. The van der Waals surface area contributed by atoms with Gasteiger partial charge < -0.3 is 9.32 Å². The highest BCUT2D eigenvalue weighted by Crippen LogP contribution is 2.45. The molecule has 0 aliphatic rings. The van der Waals surface area contributed by atoms with E-state index in [1.807, 2.05) is 6.07 Å². The molecule has 11 aromatic carbocycles. The van der Waals surface area contributed by atoms with Crippen LogP contribution in [-0.4, -0.2) is 0 Å². The van der Waals surface area contributed by atoms with Gasteiger partial charge in [0, 0.05) is 27.8 Å². The van der Waals surface area contributed by atoms with Crippen LogP contribution < -0.4 is 4.90 Å². The summed E-state index contributed by atoms with van der Waals surface area (Å²) < 4.78 is 6.65. The van der Waals surface area contributed by atoms with Gasteiger partial charge in [0.1, 0.15) is 11.2 Å². The van der Waals surface area contributed by atoms with Crippen molar-refractivity contribution in [3.63, 3.8) is 0 Å². The van der Waals surface area contributed by atoms with Gasteiger partial charge in [0.05, 0.1) is 0 Å². The number of fused-ring (bicyclic) bond motifs is 8. The summed E-state index contributed by atoms with van der Waals surface area (Å²) in [6.07, 6.45) is 0. The molecule has 12 aromatic rings. The smallest absolute Gasteiger partial charge is 0.136 e. The van der Waals surface area contributed by atoms with Crippen LogP contribution in [0.15, 0.2) is 241 Å². The van der Waals surface area contributed by atoms with Gasteiger partial charge in [0.25, 0.3) is 0 Å². The molecule has 0 saturated heterocycles. The van der Waals surface area contributed by atoms with Crippen molar-refractivity contribution in [1.82, 2.24) is 0 Å². The van der Waals surface area contributed by atoms with Crippen molar-refractivity contribution in [1.29, 1.82) is 0 Å². The highest BCUT2D eigenvalue weighted by molar-refractivity contribution is 6.23. The zero-order chi connectivity index (χ0) is 41.0. The number of anilines is 3. The maximum Gasteiger partial charge on any atom is 0.136 e. The summed E-state index contributed by atoms with van der Waals surface area (Å²) in [6, 6.07) is 85.4. The largest absolute Gasteiger partial charge is 0.456 e. The minimum Gasteiger partial charge on any atom is -0.456 e. The number of nitrogens with zero attached hydrogens (tertiary/aromatic N) is 1. The van der Waals surface area contributed by atoms with Crippen LogP contribution >= 0.6 is 0 Å². The molecule has 0 spiro atoms. The molecule has 2 heteroatoms. The second-order valence-corrected chi connectivity index (χ2v) is 16.1. The number of hydrogen-bond acceptors (Lipinski definition) is 2. The van der Waals surface area contributed by atoms with Gasteiger partial charge in [0.15, 0.2) is 0 Å². The summed E-state index contributed by atoms with van der Waals surface area (Å²) in [7, 11) is 0. The second kappa shape index (κ2) is 14.8. The second-order valence-electron chi connectivity index (χ2n) is 16.1. The van der Waals surface area contributed by atoms with E-state index in [-0.39, 0.29) is 0 Å². The Hall–Kier alpha value is -8.20. The monoisotopic (exact) mass is 789 g/mol. The molecular formula is C60H39NO. The van der Waals surface area contributed by atoms with Gasteiger partial charge in [-0.3, -0.25) is 0 Å². The van der Waals surface area contributed by atoms with Gasteiger partial charge in [0.2, 0.25) is 0 Å². The van der Waals surface area contributed by atoms with Crippen molar-refractivity contribution in [2.45, 2.75) is 0 Å². The highest BCUT2D eigenvalue weighted by atomic mass is 16.3. The predicted molar refractivity (Wildman–Crippen MR) is 263 cm³/mol. The Balaban J connectivity index is 1.02. The number of furan rings is 1. The van der Waals surface area contributed by atoms with E-state index >= 15 is 0 Å². The SMILES string of the molecule is c1ccc(-c2ccc(N(c3ccc(-c4ccc5c(ccc6ccccc65)c4)cc3)c3ccc4c(-c5cccc(-c6ccccc6)c5)cc5oc6ccccc6c5c4c3)cc2)cc1. The fraction of sp³-hybridized carbons (Fsp3) is 0. The molecular weight excluding hydrogens is 751 g/mol. The Morgan fingerprint density at radius 2 is 0.774 bits per heavy atom. The molecule has 0 radical (unpaired) electrons. The van der Waals surface area contributed by atoms with E-state index in [4.69, 9.17) is 4.42 Å². The van der Waals surface area contributed by atoms with Crippen molar-refractivity contribution >= 4 is 71.3 Å². The van der Waals surface area contributed by atoms with Gasteiger partial charge in [-0.2, -0.15) is 0 Å². The van der Waals surface area contributed by atoms with E-state index in [9.17, 15) is 0 Å². The first-order valence-electron chi connectivity index (χ1n) is 21.2. The van der Waals surface area contributed by atoms with Gasteiger partial charge >= 0.3 is 0 Å². The van der Waals surface area contributed by atoms with Gasteiger partial charge in [-0.05, 0) is 137 Å². The third kappa shape index (κ3) is 6.20. The summed E-state index contributed by atoms with van der Waals surface area (Å²) in [4.78, 5) is 2.38. The standard InChI is InChI=1S/C60H39NO/c1-3-12-40(13-4-1)42-24-29-49(30-25-42)61(50-31-26-43(27-32-50)46-28-34-53-48(37-46)23-22-44-16-7-8-19-52(44)53)51-33-35-54-56(47-18-11-17-45(36-47)41-14-5-2-6-15-41)39-59-60(57(54)38-51)55-20-9-10-21-58(55)62-59/h1-39H. The number of hydrogen-bond donors (Lipinski definition) is 0. The van der Waals surface area contributed by atoms with Crippen LogP contribution in [0.5, 0.6) is 0 Å². The first-order valence-corrected chi connectivity index (χ1v) is 21.2. The Kier molecular flexibility index (Phi) is 8.53. The fourth-order valence-electron chi connectivity index (χ4n) is 9.38. The average molecular weight is 790 g/mol. The van der Waals surface area contributed by atoms with E-state index in [1.54, 1.807) is 0 Å². The van der Waals surface area contributed by atoms with Crippen LogP contribution in [0.4, 0.5) is 17.1 Å². The molecule has 62 heavy (non-hydrogen) atoms. The van der Waals surface area contributed by atoms with E-state index in [0.29, 0.717) is 0 Å². The van der Waals surface area contributed by atoms with Crippen molar-refractivity contribution in [3.8, 4) is 44.5 Å². The number of rotatable bonds is 7. The predicted octanol–water partition coefficient (Wildman–Crippen LogP) is 17.2. The molecule has 0 aliphatic carbocycles. The molecule has 2 nitrogen and oxygen atoms in total. The summed E-state index contributed by atoms with van der Waals surface area (Å²) in [5, 5.41) is 9.62. The fourth-order valence-corrected chi connectivity index (χ4v) is 9.38. The van der Waals surface area contributed by atoms with E-state index in [0.717, 1.165) is 55.5 Å². The Bertz CT molecular complexity index is 3610. The lowest BCUT2D eigenvalue weighted by molar-refractivity contribution is 0.669. The zero-order valence-corrected chi connectivity index (χ0v) is 33.9. The summed E-state index contributed by atoms with van der Waals surface area (Å²) in [6.45, 7) is 0. The Labute approximate surface area is 360 Å². The van der Waals surface area contributed by atoms with Crippen LogP contribution in [0.25, 0.3) is 98.8 Å². The van der Waals surface area contributed by atoms with Crippen molar-refractivity contribution < 1.29 is 4.42 Å². The van der Waals surface area contributed by atoms with Crippen LogP contribution in [0.3, 0.4) is 0 Å². The first kappa shape index (κ1) is 35.7. The molecule has 290 valence electrons. The van der Waals surface area contributed by atoms with Crippen molar-refractivity contribution in [3.05, 3.63) is 237 Å².